The molecule has 3 nitrogen and oxygen atoms in total. The van der Waals surface area contributed by atoms with Gasteiger partial charge in [-0.2, -0.15) is 13.2 Å². The van der Waals surface area contributed by atoms with Crippen LogP contribution >= 0.6 is 11.3 Å². The number of aryl methyl sites for hydroxylation is 1. The zero-order valence-corrected chi connectivity index (χ0v) is 10.3. The van der Waals surface area contributed by atoms with E-state index in [1.54, 1.807) is 5.51 Å². The Morgan fingerprint density at radius 1 is 1.33 bits per heavy atom. The lowest BCUT2D eigenvalue weighted by Crippen LogP contribution is -2.07. The zero-order chi connectivity index (χ0) is 13.2. The van der Waals surface area contributed by atoms with Crippen LogP contribution in [0.5, 0.6) is 0 Å². The molecule has 0 atom stereocenters. The number of nitrogens with zero attached hydrogens (tertiary/aromatic N) is 2. The highest BCUT2D eigenvalue weighted by Gasteiger charge is 2.30. The van der Waals surface area contributed by atoms with E-state index in [0.717, 1.165) is 28.9 Å². The molecule has 0 unspecified atom stereocenters. The molecule has 0 aromatic carbocycles. The van der Waals surface area contributed by atoms with Crippen molar-refractivity contribution in [3.05, 3.63) is 40.0 Å². The summed E-state index contributed by atoms with van der Waals surface area (Å²) in [5, 5.41) is 2.86. The van der Waals surface area contributed by atoms with Crippen molar-refractivity contribution in [3.8, 4) is 0 Å². The molecule has 0 aliphatic carbocycles. The number of anilines is 1. The summed E-state index contributed by atoms with van der Waals surface area (Å²) in [6.07, 6.45) is -3.20. The first-order valence-electron chi connectivity index (χ1n) is 5.13. The fourth-order valence-corrected chi connectivity index (χ4v) is 2.09. The smallest absolute Gasteiger partial charge is 0.365 e. The maximum absolute atomic E-state index is 12.5. The lowest BCUT2D eigenvalue weighted by atomic mass is 10.2. The van der Waals surface area contributed by atoms with Gasteiger partial charge in [0.1, 0.15) is 5.82 Å². The number of halogens is 3. The van der Waals surface area contributed by atoms with E-state index in [9.17, 15) is 13.2 Å². The molecule has 18 heavy (non-hydrogen) atoms. The first-order chi connectivity index (χ1) is 8.47. The van der Waals surface area contributed by atoms with Crippen molar-refractivity contribution in [3.63, 3.8) is 0 Å². The number of rotatable bonds is 3. The Labute approximate surface area is 106 Å². The number of alkyl halides is 3. The van der Waals surface area contributed by atoms with Crippen molar-refractivity contribution in [1.82, 2.24) is 9.97 Å². The number of pyridine rings is 1. The lowest BCUT2D eigenvalue weighted by molar-refractivity contribution is -0.137. The van der Waals surface area contributed by atoms with Gasteiger partial charge in [0.25, 0.3) is 0 Å². The molecule has 0 saturated carbocycles. The Balaban J connectivity index is 2.09. The van der Waals surface area contributed by atoms with Gasteiger partial charge >= 0.3 is 6.18 Å². The molecule has 1 N–H and O–H groups in total. The molecule has 2 aromatic rings. The summed E-state index contributed by atoms with van der Waals surface area (Å²) in [6.45, 7) is 2.28. The van der Waals surface area contributed by atoms with Crippen molar-refractivity contribution < 1.29 is 13.2 Å². The highest BCUT2D eigenvalue weighted by molar-refractivity contribution is 7.09. The van der Waals surface area contributed by atoms with Crippen LogP contribution in [0.2, 0.25) is 0 Å². The molecule has 0 fully saturated rings. The maximum Gasteiger partial charge on any atom is 0.416 e. The van der Waals surface area contributed by atoms with Crippen LogP contribution in [0.25, 0.3) is 0 Å². The Morgan fingerprint density at radius 2 is 2.11 bits per heavy atom. The minimum absolute atomic E-state index is 0.206. The molecule has 2 rings (SSSR count). The predicted octanol–water partition coefficient (Wildman–Crippen LogP) is 3.48. The van der Waals surface area contributed by atoms with Crippen molar-refractivity contribution in [2.45, 2.75) is 19.6 Å². The molecule has 0 aliphatic rings. The predicted molar refractivity (Wildman–Crippen MR) is 63.4 cm³/mol. The second-order valence-corrected chi connectivity index (χ2v) is 4.58. The third-order valence-corrected chi connectivity index (χ3v) is 3.30. The number of aromatic nitrogens is 2. The van der Waals surface area contributed by atoms with Gasteiger partial charge < -0.3 is 5.32 Å². The second kappa shape index (κ2) is 4.93. The standard InChI is InChI=1S/C11H10F3N3S/c1-7-9(18-6-17-7)5-16-10-4-8(2-3-15-10)11(12,13)14/h2-4,6H,5H2,1H3,(H,15,16). The van der Waals surface area contributed by atoms with Gasteiger partial charge in [-0.05, 0) is 19.1 Å². The van der Waals surface area contributed by atoms with E-state index >= 15 is 0 Å². The Bertz CT molecular complexity index is 536. The number of nitrogens with one attached hydrogen (secondary N) is 1. The number of thiazole rings is 1. The SMILES string of the molecule is Cc1ncsc1CNc1cc(C(F)(F)F)ccn1. The molecule has 7 heteroatoms. The van der Waals surface area contributed by atoms with E-state index in [1.165, 1.54) is 11.3 Å². The van der Waals surface area contributed by atoms with E-state index in [-0.39, 0.29) is 5.82 Å². The third kappa shape index (κ3) is 2.98. The molecule has 0 amide bonds. The summed E-state index contributed by atoms with van der Waals surface area (Å²) in [4.78, 5) is 8.90. The Morgan fingerprint density at radius 3 is 2.72 bits per heavy atom. The molecule has 0 spiro atoms. The van der Waals surface area contributed by atoms with Crippen LogP contribution < -0.4 is 5.32 Å². The van der Waals surface area contributed by atoms with Crippen LogP contribution in [0.3, 0.4) is 0 Å². The fraction of sp³-hybridized carbons (Fsp3) is 0.273. The Kier molecular flexibility index (Phi) is 3.51. The van der Waals surface area contributed by atoms with Crippen molar-refractivity contribution in [2.75, 3.05) is 5.32 Å². The highest BCUT2D eigenvalue weighted by atomic mass is 32.1. The van der Waals surface area contributed by atoms with Crippen molar-refractivity contribution in [2.24, 2.45) is 0 Å². The molecule has 0 aliphatic heterocycles. The Hall–Kier alpha value is -1.63. The molecule has 0 bridgehead atoms. The molecule has 96 valence electrons. The topological polar surface area (TPSA) is 37.8 Å². The van der Waals surface area contributed by atoms with E-state index in [2.05, 4.69) is 15.3 Å². The monoisotopic (exact) mass is 273 g/mol. The highest BCUT2D eigenvalue weighted by Crippen LogP contribution is 2.30. The quantitative estimate of drug-likeness (QED) is 0.930. The molecule has 0 radical (unpaired) electrons. The van der Waals surface area contributed by atoms with Crippen LogP contribution in [-0.4, -0.2) is 9.97 Å². The maximum atomic E-state index is 12.5. The van der Waals surface area contributed by atoms with Gasteiger partial charge in [0, 0.05) is 11.1 Å². The van der Waals surface area contributed by atoms with Crippen LogP contribution in [0.1, 0.15) is 16.1 Å². The normalized spacial score (nSPS) is 11.6. The van der Waals surface area contributed by atoms with Gasteiger partial charge in [-0.3, -0.25) is 0 Å². The lowest BCUT2D eigenvalue weighted by Gasteiger charge is -2.09. The minimum atomic E-state index is -4.35. The largest absolute Gasteiger partial charge is 0.416 e. The van der Waals surface area contributed by atoms with Gasteiger partial charge in [-0.15, -0.1) is 11.3 Å². The number of hydrogen-bond acceptors (Lipinski definition) is 4. The van der Waals surface area contributed by atoms with Crippen LogP contribution in [0.4, 0.5) is 19.0 Å². The summed E-state index contributed by atoms with van der Waals surface area (Å²) in [5.41, 5.74) is 1.87. The second-order valence-electron chi connectivity index (χ2n) is 3.64. The number of hydrogen-bond donors (Lipinski definition) is 1. The van der Waals surface area contributed by atoms with Gasteiger partial charge in [0.2, 0.25) is 0 Å². The van der Waals surface area contributed by atoms with Crippen molar-refractivity contribution in [1.29, 1.82) is 0 Å². The van der Waals surface area contributed by atoms with E-state index in [0.29, 0.717) is 6.54 Å². The molecular weight excluding hydrogens is 263 g/mol. The summed E-state index contributed by atoms with van der Waals surface area (Å²) in [6, 6.07) is 1.94. The molecule has 2 heterocycles. The fourth-order valence-electron chi connectivity index (χ4n) is 1.37. The van der Waals surface area contributed by atoms with Gasteiger partial charge in [-0.25, -0.2) is 9.97 Å². The van der Waals surface area contributed by atoms with Crippen molar-refractivity contribution >= 4 is 17.2 Å². The minimum Gasteiger partial charge on any atom is -0.365 e. The average molecular weight is 273 g/mol. The average Bonchev–Trinajstić information content (AvgIpc) is 2.72. The van der Waals surface area contributed by atoms with Crippen LogP contribution in [-0.2, 0) is 12.7 Å². The summed E-state index contributed by atoms with van der Waals surface area (Å²) < 4.78 is 37.4. The van der Waals surface area contributed by atoms with E-state index in [1.807, 2.05) is 6.92 Å². The summed E-state index contributed by atoms with van der Waals surface area (Å²) >= 11 is 1.45. The van der Waals surface area contributed by atoms with E-state index in [4.69, 9.17) is 0 Å². The summed E-state index contributed by atoms with van der Waals surface area (Å²) in [5.74, 6) is 0.206. The summed E-state index contributed by atoms with van der Waals surface area (Å²) in [7, 11) is 0. The molecule has 0 saturated heterocycles. The van der Waals surface area contributed by atoms with Gasteiger partial charge in [0.05, 0.1) is 23.3 Å². The first-order valence-corrected chi connectivity index (χ1v) is 6.01. The van der Waals surface area contributed by atoms with E-state index < -0.39 is 11.7 Å². The van der Waals surface area contributed by atoms with Gasteiger partial charge in [-0.1, -0.05) is 0 Å². The third-order valence-electron chi connectivity index (χ3n) is 2.36. The van der Waals surface area contributed by atoms with Crippen LogP contribution in [0.15, 0.2) is 23.8 Å². The zero-order valence-electron chi connectivity index (χ0n) is 9.45. The van der Waals surface area contributed by atoms with Crippen LogP contribution in [0, 0.1) is 6.92 Å². The van der Waals surface area contributed by atoms with Gasteiger partial charge in [0.15, 0.2) is 0 Å². The molecular formula is C11H10F3N3S. The first kappa shape index (κ1) is 12.8. The molecule has 2 aromatic heterocycles.